The third-order valence-corrected chi connectivity index (χ3v) is 5.45. The number of pyridine rings is 1. The van der Waals surface area contributed by atoms with Crippen molar-refractivity contribution in [1.82, 2.24) is 10.3 Å². The molecule has 1 atom stereocenters. The highest BCUT2D eigenvalue weighted by Gasteiger charge is 2.06. The Morgan fingerprint density at radius 3 is 2.16 bits per heavy atom. The summed E-state index contributed by atoms with van der Waals surface area (Å²) in [5, 5.41) is 3.06. The minimum Gasteiger partial charge on any atom is -0.350 e. The minimum atomic E-state index is -0.0673. The van der Waals surface area contributed by atoms with Crippen molar-refractivity contribution in [3.05, 3.63) is 119 Å². The Bertz CT molecular complexity index is 1000. The Labute approximate surface area is 191 Å². The molecule has 1 heterocycles. The molecular weight excluding hydrogens is 392 g/mol. The van der Waals surface area contributed by atoms with E-state index in [2.05, 4.69) is 85.7 Å². The second kappa shape index (κ2) is 11.8. The quantitative estimate of drug-likeness (QED) is 0.327. The molecule has 0 aliphatic heterocycles. The van der Waals surface area contributed by atoms with Gasteiger partial charge in [-0.15, -0.1) is 0 Å². The van der Waals surface area contributed by atoms with Gasteiger partial charge < -0.3 is 5.32 Å². The standard InChI is InChI=1S/C29H32N2O/c1-22-12-16-26(17-13-22)28(27-18-14-23(2)15-19-27)10-5-11-29(32)31-24(3)7-4-8-25-9-6-20-30-21-25/h5-6,9-21,24H,4,7-8H2,1-3H3,(H,31,32)/t24-/m1/s1. The Kier molecular flexibility index (Phi) is 8.56. The number of hydrogen-bond acceptors (Lipinski definition) is 2. The molecule has 0 fully saturated rings. The Morgan fingerprint density at radius 1 is 0.969 bits per heavy atom. The van der Waals surface area contributed by atoms with Crippen LogP contribution in [0.25, 0.3) is 5.57 Å². The normalized spacial score (nSPS) is 11.8. The van der Waals surface area contributed by atoms with Gasteiger partial charge in [0.25, 0.3) is 0 Å². The number of carbonyl (C=O) groups is 1. The van der Waals surface area contributed by atoms with E-state index in [-0.39, 0.29) is 11.9 Å². The van der Waals surface area contributed by atoms with E-state index in [1.807, 2.05) is 24.4 Å². The van der Waals surface area contributed by atoms with Gasteiger partial charge in [-0.3, -0.25) is 9.78 Å². The highest BCUT2D eigenvalue weighted by Crippen LogP contribution is 2.24. The summed E-state index contributed by atoms with van der Waals surface area (Å²) in [5.41, 5.74) is 7.05. The molecule has 0 radical (unpaired) electrons. The maximum atomic E-state index is 12.4. The molecule has 1 amide bonds. The minimum absolute atomic E-state index is 0.0673. The number of nitrogens with zero attached hydrogens (tertiary/aromatic N) is 1. The van der Waals surface area contributed by atoms with Crippen LogP contribution in [-0.2, 0) is 11.2 Å². The number of aryl methyl sites for hydroxylation is 3. The molecule has 3 rings (SSSR count). The molecule has 32 heavy (non-hydrogen) atoms. The van der Waals surface area contributed by atoms with Crippen molar-refractivity contribution in [2.45, 2.75) is 46.1 Å². The fourth-order valence-electron chi connectivity index (χ4n) is 3.58. The number of allylic oxidation sites excluding steroid dienone is 2. The first-order valence-corrected chi connectivity index (χ1v) is 11.2. The Morgan fingerprint density at radius 2 is 1.59 bits per heavy atom. The van der Waals surface area contributed by atoms with Gasteiger partial charge in [-0.1, -0.05) is 77.9 Å². The second-order valence-electron chi connectivity index (χ2n) is 8.33. The maximum Gasteiger partial charge on any atom is 0.244 e. The predicted octanol–water partition coefficient (Wildman–Crippen LogP) is 6.21. The van der Waals surface area contributed by atoms with Crippen LogP contribution < -0.4 is 5.32 Å². The van der Waals surface area contributed by atoms with Gasteiger partial charge in [0.1, 0.15) is 0 Å². The van der Waals surface area contributed by atoms with E-state index in [9.17, 15) is 4.79 Å². The van der Waals surface area contributed by atoms with Crippen LogP contribution >= 0.6 is 0 Å². The highest BCUT2D eigenvalue weighted by atomic mass is 16.1. The SMILES string of the molecule is Cc1ccc(C(=CC=CC(=O)N[C@H](C)CCCc2cccnc2)c2ccc(C)cc2)cc1. The smallest absolute Gasteiger partial charge is 0.244 e. The third kappa shape index (κ3) is 7.35. The lowest BCUT2D eigenvalue weighted by atomic mass is 9.96. The van der Waals surface area contributed by atoms with Crippen molar-refractivity contribution >= 4 is 11.5 Å². The first kappa shape index (κ1) is 23.2. The van der Waals surface area contributed by atoms with Crippen molar-refractivity contribution in [1.29, 1.82) is 0 Å². The molecule has 164 valence electrons. The van der Waals surface area contributed by atoms with Gasteiger partial charge in [0, 0.05) is 24.5 Å². The van der Waals surface area contributed by atoms with Crippen LogP contribution in [-0.4, -0.2) is 16.9 Å². The van der Waals surface area contributed by atoms with E-state index >= 15 is 0 Å². The first-order valence-electron chi connectivity index (χ1n) is 11.2. The van der Waals surface area contributed by atoms with Crippen LogP contribution in [0.1, 0.15) is 47.6 Å². The molecule has 1 N–H and O–H groups in total. The zero-order valence-electron chi connectivity index (χ0n) is 19.2. The summed E-state index contributed by atoms with van der Waals surface area (Å²) in [5.74, 6) is -0.0673. The fourth-order valence-corrected chi connectivity index (χ4v) is 3.58. The molecule has 0 bridgehead atoms. The summed E-state index contributed by atoms with van der Waals surface area (Å²) in [4.78, 5) is 16.5. The van der Waals surface area contributed by atoms with E-state index in [0.717, 1.165) is 36.0 Å². The fraction of sp³-hybridized carbons (Fsp3) is 0.241. The van der Waals surface area contributed by atoms with Crippen molar-refractivity contribution in [3.8, 4) is 0 Å². The molecular formula is C29H32N2O. The average molecular weight is 425 g/mol. The largest absolute Gasteiger partial charge is 0.350 e. The lowest BCUT2D eigenvalue weighted by molar-refractivity contribution is -0.117. The summed E-state index contributed by atoms with van der Waals surface area (Å²) in [6.07, 6.45) is 12.1. The van der Waals surface area contributed by atoms with Gasteiger partial charge in [0.2, 0.25) is 5.91 Å². The summed E-state index contributed by atoms with van der Waals surface area (Å²) in [6.45, 7) is 6.22. The molecule has 0 aliphatic carbocycles. The van der Waals surface area contributed by atoms with E-state index in [1.54, 1.807) is 12.3 Å². The average Bonchev–Trinajstić information content (AvgIpc) is 2.79. The molecule has 0 spiro atoms. The van der Waals surface area contributed by atoms with Crippen LogP contribution in [0.5, 0.6) is 0 Å². The van der Waals surface area contributed by atoms with Gasteiger partial charge in [0.05, 0.1) is 0 Å². The summed E-state index contributed by atoms with van der Waals surface area (Å²) in [6, 6.07) is 21.1. The molecule has 0 saturated carbocycles. The highest BCUT2D eigenvalue weighted by molar-refractivity contribution is 5.89. The second-order valence-corrected chi connectivity index (χ2v) is 8.33. The lowest BCUT2D eigenvalue weighted by Crippen LogP contribution is -2.31. The summed E-state index contributed by atoms with van der Waals surface area (Å²) < 4.78 is 0. The Balaban J connectivity index is 1.61. The van der Waals surface area contributed by atoms with Crippen molar-refractivity contribution in [2.75, 3.05) is 0 Å². The van der Waals surface area contributed by atoms with Crippen molar-refractivity contribution in [2.24, 2.45) is 0 Å². The van der Waals surface area contributed by atoms with Gasteiger partial charge >= 0.3 is 0 Å². The summed E-state index contributed by atoms with van der Waals surface area (Å²) in [7, 11) is 0. The van der Waals surface area contributed by atoms with Gasteiger partial charge in [-0.05, 0) is 68.4 Å². The number of aromatic nitrogens is 1. The number of rotatable bonds is 9. The van der Waals surface area contributed by atoms with Crippen molar-refractivity contribution in [3.63, 3.8) is 0 Å². The van der Waals surface area contributed by atoms with Crippen LogP contribution in [0.4, 0.5) is 0 Å². The van der Waals surface area contributed by atoms with Crippen LogP contribution in [0.15, 0.2) is 91.3 Å². The van der Waals surface area contributed by atoms with E-state index in [4.69, 9.17) is 0 Å². The number of benzene rings is 2. The number of nitrogens with one attached hydrogen (secondary N) is 1. The van der Waals surface area contributed by atoms with E-state index in [1.165, 1.54) is 16.7 Å². The molecule has 0 unspecified atom stereocenters. The zero-order valence-corrected chi connectivity index (χ0v) is 19.2. The number of amides is 1. The topological polar surface area (TPSA) is 42.0 Å². The molecule has 2 aromatic carbocycles. The Hall–Kier alpha value is -3.46. The van der Waals surface area contributed by atoms with Crippen LogP contribution in [0, 0.1) is 13.8 Å². The predicted molar refractivity (Wildman–Crippen MR) is 133 cm³/mol. The van der Waals surface area contributed by atoms with E-state index in [0.29, 0.717) is 0 Å². The third-order valence-electron chi connectivity index (χ3n) is 5.45. The number of carbonyl (C=O) groups excluding carboxylic acids is 1. The molecule has 3 aromatic rings. The van der Waals surface area contributed by atoms with E-state index < -0.39 is 0 Å². The van der Waals surface area contributed by atoms with Gasteiger partial charge in [-0.2, -0.15) is 0 Å². The zero-order chi connectivity index (χ0) is 22.8. The lowest BCUT2D eigenvalue weighted by Gasteiger charge is -2.12. The maximum absolute atomic E-state index is 12.4. The molecule has 0 saturated heterocycles. The first-order chi connectivity index (χ1) is 15.5. The van der Waals surface area contributed by atoms with Gasteiger partial charge in [0.15, 0.2) is 0 Å². The molecule has 0 aliphatic rings. The number of hydrogen-bond donors (Lipinski definition) is 1. The van der Waals surface area contributed by atoms with Crippen LogP contribution in [0.2, 0.25) is 0 Å². The molecule has 1 aromatic heterocycles. The molecule has 3 heteroatoms. The monoisotopic (exact) mass is 424 g/mol. The molecule has 3 nitrogen and oxygen atoms in total. The van der Waals surface area contributed by atoms with Crippen molar-refractivity contribution < 1.29 is 4.79 Å². The van der Waals surface area contributed by atoms with Gasteiger partial charge in [-0.25, -0.2) is 0 Å². The summed E-state index contributed by atoms with van der Waals surface area (Å²) >= 11 is 0. The van der Waals surface area contributed by atoms with Crippen LogP contribution in [0.3, 0.4) is 0 Å².